The number of amides is 1. The maximum Gasteiger partial charge on any atom is 0.256 e. The summed E-state index contributed by atoms with van der Waals surface area (Å²) in [6.45, 7) is 5.89. The van der Waals surface area contributed by atoms with Gasteiger partial charge in [-0.15, -0.1) is 0 Å². The molecule has 0 saturated heterocycles. The number of carbonyl (C=O) groups is 1. The van der Waals surface area contributed by atoms with Gasteiger partial charge in [0.25, 0.3) is 5.91 Å². The van der Waals surface area contributed by atoms with E-state index in [0.29, 0.717) is 17.0 Å². The SMILES string of the molecule is COCC(O)CNC(=O)c1c(C)noc1C(C)C. The first-order valence-electron chi connectivity index (χ1n) is 5.88. The third-order valence-electron chi connectivity index (χ3n) is 2.50. The van der Waals surface area contributed by atoms with E-state index in [4.69, 9.17) is 9.26 Å². The largest absolute Gasteiger partial charge is 0.389 e. The lowest BCUT2D eigenvalue weighted by Crippen LogP contribution is -2.34. The summed E-state index contributed by atoms with van der Waals surface area (Å²) < 4.78 is 9.91. The molecule has 6 nitrogen and oxygen atoms in total. The quantitative estimate of drug-likeness (QED) is 0.788. The molecule has 1 aromatic heterocycles. The molecule has 2 N–H and O–H groups in total. The summed E-state index contributed by atoms with van der Waals surface area (Å²) in [6.07, 6.45) is -0.721. The normalized spacial score (nSPS) is 12.8. The number of nitrogens with one attached hydrogen (secondary N) is 1. The van der Waals surface area contributed by atoms with Gasteiger partial charge in [-0.3, -0.25) is 4.79 Å². The summed E-state index contributed by atoms with van der Waals surface area (Å²) in [5, 5.41) is 15.9. The molecule has 0 bridgehead atoms. The molecule has 1 atom stereocenters. The van der Waals surface area contributed by atoms with Crippen LogP contribution in [0.1, 0.15) is 41.6 Å². The van der Waals surface area contributed by atoms with Gasteiger partial charge in [0, 0.05) is 19.6 Å². The summed E-state index contributed by atoms with van der Waals surface area (Å²) >= 11 is 0. The van der Waals surface area contributed by atoms with Gasteiger partial charge in [-0.05, 0) is 6.92 Å². The van der Waals surface area contributed by atoms with E-state index in [-0.39, 0.29) is 25.0 Å². The summed E-state index contributed by atoms with van der Waals surface area (Å²) in [5.74, 6) is 0.356. The van der Waals surface area contributed by atoms with Crippen molar-refractivity contribution in [2.45, 2.75) is 32.8 Å². The number of methoxy groups -OCH3 is 1. The second-order valence-corrected chi connectivity index (χ2v) is 4.48. The van der Waals surface area contributed by atoms with Crippen molar-refractivity contribution in [3.8, 4) is 0 Å². The summed E-state index contributed by atoms with van der Waals surface area (Å²) in [5.41, 5.74) is 1.01. The molecule has 1 aromatic rings. The molecule has 1 unspecified atom stereocenters. The molecule has 0 aliphatic rings. The van der Waals surface area contributed by atoms with Crippen molar-refractivity contribution < 1.29 is 19.2 Å². The molecule has 1 amide bonds. The highest BCUT2D eigenvalue weighted by molar-refractivity contribution is 5.96. The van der Waals surface area contributed by atoms with Crippen LogP contribution in [0.2, 0.25) is 0 Å². The lowest BCUT2D eigenvalue weighted by atomic mass is 10.0. The lowest BCUT2D eigenvalue weighted by molar-refractivity contribution is 0.0609. The summed E-state index contributed by atoms with van der Waals surface area (Å²) in [7, 11) is 1.49. The third kappa shape index (κ3) is 3.54. The highest BCUT2D eigenvalue weighted by atomic mass is 16.5. The van der Waals surface area contributed by atoms with Crippen molar-refractivity contribution in [1.82, 2.24) is 10.5 Å². The Bertz CT molecular complexity index is 401. The highest BCUT2D eigenvalue weighted by Gasteiger charge is 2.22. The Morgan fingerprint density at radius 2 is 2.22 bits per heavy atom. The Labute approximate surface area is 106 Å². The Balaban J connectivity index is 2.69. The van der Waals surface area contributed by atoms with E-state index in [1.165, 1.54) is 7.11 Å². The fourth-order valence-corrected chi connectivity index (χ4v) is 1.61. The molecule has 18 heavy (non-hydrogen) atoms. The van der Waals surface area contributed by atoms with Crippen molar-refractivity contribution in [3.63, 3.8) is 0 Å². The molecular formula is C12H20N2O4. The minimum Gasteiger partial charge on any atom is -0.389 e. The number of rotatable bonds is 6. The van der Waals surface area contributed by atoms with E-state index >= 15 is 0 Å². The zero-order valence-electron chi connectivity index (χ0n) is 11.2. The maximum absolute atomic E-state index is 12.0. The van der Waals surface area contributed by atoms with Gasteiger partial charge >= 0.3 is 0 Å². The van der Waals surface area contributed by atoms with Crippen LogP contribution in [0.15, 0.2) is 4.52 Å². The fourth-order valence-electron chi connectivity index (χ4n) is 1.61. The number of ether oxygens (including phenoxy) is 1. The predicted molar refractivity (Wildman–Crippen MR) is 65.5 cm³/mol. The number of aliphatic hydroxyl groups excluding tert-OH is 1. The van der Waals surface area contributed by atoms with Crippen molar-refractivity contribution in [3.05, 3.63) is 17.0 Å². The third-order valence-corrected chi connectivity index (χ3v) is 2.50. The Morgan fingerprint density at radius 1 is 1.56 bits per heavy atom. The molecule has 0 saturated carbocycles. The molecule has 0 aliphatic heterocycles. The van der Waals surface area contributed by atoms with Gasteiger partial charge in [0.05, 0.1) is 18.4 Å². The van der Waals surface area contributed by atoms with E-state index < -0.39 is 6.10 Å². The minimum atomic E-state index is -0.721. The first-order chi connectivity index (χ1) is 8.47. The maximum atomic E-state index is 12.0. The monoisotopic (exact) mass is 256 g/mol. The van der Waals surface area contributed by atoms with Crippen LogP contribution in [0.25, 0.3) is 0 Å². The second-order valence-electron chi connectivity index (χ2n) is 4.48. The van der Waals surface area contributed by atoms with Crippen molar-refractivity contribution in [2.75, 3.05) is 20.3 Å². The van der Waals surface area contributed by atoms with E-state index in [1.807, 2.05) is 13.8 Å². The molecule has 6 heteroatoms. The van der Waals surface area contributed by atoms with Crippen LogP contribution in [-0.2, 0) is 4.74 Å². The van der Waals surface area contributed by atoms with Gasteiger partial charge in [0.1, 0.15) is 5.56 Å². The van der Waals surface area contributed by atoms with E-state index in [1.54, 1.807) is 6.92 Å². The average molecular weight is 256 g/mol. The zero-order valence-corrected chi connectivity index (χ0v) is 11.2. The molecule has 1 rings (SSSR count). The number of hydrogen-bond donors (Lipinski definition) is 2. The van der Waals surface area contributed by atoms with Crippen molar-refractivity contribution >= 4 is 5.91 Å². The second kappa shape index (κ2) is 6.51. The van der Waals surface area contributed by atoms with Crippen LogP contribution in [0, 0.1) is 6.92 Å². The molecule has 102 valence electrons. The van der Waals surface area contributed by atoms with Gasteiger partial charge in [0.2, 0.25) is 0 Å². The number of hydrogen-bond acceptors (Lipinski definition) is 5. The van der Waals surface area contributed by atoms with E-state index in [2.05, 4.69) is 10.5 Å². The summed E-state index contributed by atoms with van der Waals surface area (Å²) in [6, 6.07) is 0. The van der Waals surface area contributed by atoms with E-state index in [0.717, 1.165) is 0 Å². The summed E-state index contributed by atoms with van der Waals surface area (Å²) in [4.78, 5) is 12.0. The lowest BCUT2D eigenvalue weighted by Gasteiger charge is -2.11. The van der Waals surface area contributed by atoms with Crippen LogP contribution in [0.3, 0.4) is 0 Å². The Hall–Kier alpha value is -1.40. The number of aromatic nitrogens is 1. The number of aryl methyl sites for hydroxylation is 1. The Morgan fingerprint density at radius 3 is 2.78 bits per heavy atom. The topological polar surface area (TPSA) is 84.6 Å². The van der Waals surface area contributed by atoms with Crippen molar-refractivity contribution in [2.24, 2.45) is 0 Å². The van der Waals surface area contributed by atoms with Gasteiger partial charge in [-0.25, -0.2) is 0 Å². The number of aliphatic hydroxyl groups is 1. The van der Waals surface area contributed by atoms with Crippen LogP contribution >= 0.6 is 0 Å². The van der Waals surface area contributed by atoms with Crippen LogP contribution < -0.4 is 5.32 Å². The molecule has 0 aliphatic carbocycles. The van der Waals surface area contributed by atoms with Gasteiger partial charge in [-0.2, -0.15) is 0 Å². The van der Waals surface area contributed by atoms with Gasteiger partial charge < -0.3 is 19.7 Å². The Kier molecular flexibility index (Phi) is 5.30. The van der Waals surface area contributed by atoms with Crippen LogP contribution in [-0.4, -0.2) is 42.5 Å². The molecule has 1 heterocycles. The first kappa shape index (κ1) is 14.7. The average Bonchev–Trinajstić information content (AvgIpc) is 2.68. The van der Waals surface area contributed by atoms with Crippen molar-refractivity contribution in [1.29, 1.82) is 0 Å². The molecule has 0 aromatic carbocycles. The zero-order chi connectivity index (χ0) is 13.7. The molecule has 0 fully saturated rings. The van der Waals surface area contributed by atoms with Gasteiger partial charge in [-0.1, -0.05) is 19.0 Å². The highest BCUT2D eigenvalue weighted by Crippen LogP contribution is 2.21. The van der Waals surface area contributed by atoms with Crippen LogP contribution in [0.5, 0.6) is 0 Å². The molecular weight excluding hydrogens is 236 g/mol. The number of carbonyl (C=O) groups excluding carboxylic acids is 1. The minimum absolute atomic E-state index is 0.0795. The van der Waals surface area contributed by atoms with Gasteiger partial charge in [0.15, 0.2) is 5.76 Å². The fraction of sp³-hybridized carbons (Fsp3) is 0.667. The first-order valence-corrected chi connectivity index (χ1v) is 5.88. The predicted octanol–water partition coefficient (Wildman–Crippen LogP) is 0.844. The molecule has 0 spiro atoms. The van der Waals surface area contributed by atoms with Crippen LogP contribution in [0.4, 0.5) is 0 Å². The smallest absolute Gasteiger partial charge is 0.256 e. The molecule has 0 radical (unpaired) electrons. The number of nitrogens with zero attached hydrogens (tertiary/aromatic N) is 1. The van der Waals surface area contributed by atoms with E-state index in [9.17, 15) is 9.90 Å². The standard InChI is InChI=1S/C12H20N2O4/c1-7(2)11-10(8(3)14-18-11)12(16)13-5-9(15)6-17-4/h7,9,15H,5-6H2,1-4H3,(H,13,16).